The third-order valence-corrected chi connectivity index (χ3v) is 7.62. The lowest BCUT2D eigenvalue weighted by atomic mass is 10.00. The fourth-order valence-electron chi connectivity index (χ4n) is 3.48. The predicted molar refractivity (Wildman–Crippen MR) is 115 cm³/mol. The van der Waals surface area contributed by atoms with E-state index >= 15 is 0 Å². The van der Waals surface area contributed by atoms with Gasteiger partial charge in [-0.2, -0.15) is 15.6 Å². The van der Waals surface area contributed by atoms with Crippen molar-refractivity contribution >= 4 is 32.4 Å². The number of fused-ring (bicyclic) bond motifs is 1. The van der Waals surface area contributed by atoms with Crippen LogP contribution in [-0.2, 0) is 10.0 Å². The molecule has 0 unspecified atom stereocenters. The molecule has 1 aromatic carbocycles. The highest BCUT2D eigenvalue weighted by Crippen LogP contribution is 2.37. The SMILES string of the molecule is CCN(CC)S(=O)(=O)c1cccc(-c2c[nH]c3nccc(-c4ccsc4)c23)c1. The van der Waals surface area contributed by atoms with Gasteiger partial charge in [0, 0.05) is 36.4 Å². The molecule has 28 heavy (non-hydrogen) atoms. The van der Waals surface area contributed by atoms with E-state index in [1.165, 1.54) is 4.31 Å². The van der Waals surface area contributed by atoms with Gasteiger partial charge in [0.2, 0.25) is 10.0 Å². The van der Waals surface area contributed by atoms with Crippen molar-refractivity contribution < 1.29 is 8.42 Å². The Morgan fingerprint density at radius 1 is 1.07 bits per heavy atom. The van der Waals surface area contributed by atoms with E-state index in [0.717, 1.165) is 33.3 Å². The van der Waals surface area contributed by atoms with Gasteiger partial charge in [-0.3, -0.25) is 0 Å². The average Bonchev–Trinajstić information content (AvgIpc) is 3.39. The molecular formula is C21H21N3O2S2. The van der Waals surface area contributed by atoms with Crippen molar-refractivity contribution in [3.63, 3.8) is 0 Å². The second kappa shape index (κ2) is 7.50. The number of nitrogens with zero attached hydrogens (tertiary/aromatic N) is 2. The quantitative estimate of drug-likeness (QED) is 0.486. The summed E-state index contributed by atoms with van der Waals surface area (Å²) < 4.78 is 27.4. The minimum Gasteiger partial charge on any atom is -0.345 e. The number of thiophene rings is 1. The fraction of sp³-hybridized carbons (Fsp3) is 0.190. The van der Waals surface area contributed by atoms with Gasteiger partial charge in [-0.15, -0.1) is 0 Å². The maximum absolute atomic E-state index is 12.9. The summed E-state index contributed by atoms with van der Waals surface area (Å²) in [5.74, 6) is 0. The van der Waals surface area contributed by atoms with E-state index in [0.29, 0.717) is 18.0 Å². The maximum Gasteiger partial charge on any atom is 0.243 e. The first kappa shape index (κ1) is 18.9. The molecule has 3 aromatic heterocycles. The van der Waals surface area contributed by atoms with Crippen molar-refractivity contribution in [3.8, 4) is 22.3 Å². The second-order valence-corrected chi connectivity index (χ2v) is 9.13. The molecule has 5 nitrogen and oxygen atoms in total. The van der Waals surface area contributed by atoms with E-state index in [1.54, 1.807) is 35.7 Å². The van der Waals surface area contributed by atoms with Crippen LogP contribution < -0.4 is 0 Å². The topological polar surface area (TPSA) is 66.1 Å². The fourth-order valence-corrected chi connectivity index (χ4v) is 5.64. The van der Waals surface area contributed by atoms with Gasteiger partial charge in [-0.1, -0.05) is 26.0 Å². The summed E-state index contributed by atoms with van der Waals surface area (Å²) in [4.78, 5) is 7.98. The highest BCUT2D eigenvalue weighted by atomic mass is 32.2. The lowest BCUT2D eigenvalue weighted by Gasteiger charge is -2.18. The number of rotatable bonds is 6. The Bertz CT molecular complexity index is 1210. The standard InChI is InChI=1S/C21H21N3O2S2/c1-3-24(4-2)28(25,26)17-7-5-6-15(12-17)19-13-23-21-20(19)18(8-10-22-21)16-9-11-27-14-16/h5-14H,3-4H2,1-2H3,(H,22,23). The van der Waals surface area contributed by atoms with E-state index in [2.05, 4.69) is 21.4 Å². The number of nitrogens with one attached hydrogen (secondary N) is 1. The van der Waals surface area contributed by atoms with Crippen LogP contribution in [0.1, 0.15) is 13.8 Å². The maximum atomic E-state index is 12.9. The number of pyridine rings is 1. The lowest BCUT2D eigenvalue weighted by molar-refractivity contribution is 0.445. The van der Waals surface area contributed by atoms with Crippen molar-refractivity contribution in [2.45, 2.75) is 18.7 Å². The second-order valence-electron chi connectivity index (χ2n) is 6.41. The molecule has 0 aliphatic rings. The van der Waals surface area contributed by atoms with E-state index in [4.69, 9.17) is 0 Å². The van der Waals surface area contributed by atoms with E-state index in [1.807, 2.05) is 37.6 Å². The first-order chi connectivity index (χ1) is 13.6. The normalized spacial score (nSPS) is 12.1. The molecule has 0 atom stereocenters. The molecule has 0 fully saturated rings. The molecular weight excluding hydrogens is 390 g/mol. The van der Waals surface area contributed by atoms with Crippen molar-refractivity contribution in [1.82, 2.24) is 14.3 Å². The minimum atomic E-state index is -3.51. The summed E-state index contributed by atoms with van der Waals surface area (Å²) in [5.41, 5.74) is 4.80. The molecule has 0 aliphatic carbocycles. The third-order valence-electron chi connectivity index (χ3n) is 4.89. The summed E-state index contributed by atoms with van der Waals surface area (Å²) in [6.07, 6.45) is 3.69. The largest absolute Gasteiger partial charge is 0.345 e. The summed E-state index contributed by atoms with van der Waals surface area (Å²) in [5, 5.41) is 5.15. The number of sulfonamides is 1. The van der Waals surface area contributed by atoms with Crippen molar-refractivity contribution in [2.24, 2.45) is 0 Å². The number of benzene rings is 1. The zero-order chi connectivity index (χ0) is 19.7. The Balaban J connectivity index is 1.89. The van der Waals surface area contributed by atoms with Crippen LogP contribution in [0.2, 0.25) is 0 Å². The Kier molecular flexibility index (Phi) is 5.05. The van der Waals surface area contributed by atoms with Gasteiger partial charge in [0.05, 0.1) is 4.90 Å². The molecule has 3 heterocycles. The number of aromatic amines is 1. The molecule has 0 bridgehead atoms. The highest BCUT2D eigenvalue weighted by Gasteiger charge is 2.22. The molecule has 4 aromatic rings. The number of H-pyrrole nitrogens is 1. The van der Waals surface area contributed by atoms with Crippen LogP contribution >= 0.6 is 11.3 Å². The molecule has 144 valence electrons. The molecule has 0 aliphatic heterocycles. The van der Waals surface area contributed by atoms with Crippen LogP contribution in [0.15, 0.2) is 64.4 Å². The zero-order valence-corrected chi connectivity index (χ0v) is 17.3. The number of hydrogen-bond donors (Lipinski definition) is 1. The van der Waals surface area contributed by atoms with Crippen molar-refractivity contribution in [1.29, 1.82) is 0 Å². The van der Waals surface area contributed by atoms with Crippen LogP contribution in [0, 0.1) is 0 Å². The van der Waals surface area contributed by atoms with Gasteiger partial charge in [-0.05, 0) is 51.7 Å². The van der Waals surface area contributed by atoms with Gasteiger partial charge in [0.25, 0.3) is 0 Å². The van der Waals surface area contributed by atoms with Crippen molar-refractivity contribution in [2.75, 3.05) is 13.1 Å². The average molecular weight is 412 g/mol. The monoisotopic (exact) mass is 411 g/mol. The van der Waals surface area contributed by atoms with E-state index < -0.39 is 10.0 Å². The first-order valence-electron chi connectivity index (χ1n) is 9.15. The van der Waals surface area contributed by atoms with Gasteiger partial charge >= 0.3 is 0 Å². The molecule has 0 amide bonds. The van der Waals surface area contributed by atoms with Crippen molar-refractivity contribution in [3.05, 3.63) is 59.6 Å². The van der Waals surface area contributed by atoms with Gasteiger partial charge in [0.1, 0.15) is 5.65 Å². The Morgan fingerprint density at radius 3 is 2.61 bits per heavy atom. The lowest BCUT2D eigenvalue weighted by Crippen LogP contribution is -2.30. The minimum absolute atomic E-state index is 0.309. The highest BCUT2D eigenvalue weighted by molar-refractivity contribution is 7.89. The number of aromatic nitrogens is 2. The van der Waals surface area contributed by atoms with Gasteiger partial charge in [0.15, 0.2) is 0 Å². The summed E-state index contributed by atoms with van der Waals surface area (Å²) in [6.45, 7) is 4.59. The number of hydrogen-bond acceptors (Lipinski definition) is 4. The zero-order valence-electron chi connectivity index (χ0n) is 15.7. The van der Waals surface area contributed by atoms with Gasteiger partial charge in [-0.25, -0.2) is 13.4 Å². The molecule has 4 rings (SSSR count). The third kappa shape index (κ3) is 3.15. The Hall–Kier alpha value is -2.48. The van der Waals surface area contributed by atoms with Crippen LogP contribution in [0.4, 0.5) is 0 Å². The molecule has 7 heteroatoms. The van der Waals surface area contributed by atoms with Gasteiger partial charge < -0.3 is 4.98 Å². The van der Waals surface area contributed by atoms with Crippen LogP contribution in [0.5, 0.6) is 0 Å². The summed E-state index contributed by atoms with van der Waals surface area (Å²) in [6, 6.07) is 11.2. The van der Waals surface area contributed by atoms with Crippen LogP contribution in [0.3, 0.4) is 0 Å². The molecule has 0 spiro atoms. The first-order valence-corrected chi connectivity index (χ1v) is 11.5. The molecule has 0 radical (unpaired) electrons. The summed E-state index contributed by atoms with van der Waals surface area (Å²) >= 11 is 1.65. The van der Waals surface area contributed by atoms with E-state index in [-0.39, 0.29) is 0 Å². The van der Waals surface area contributed by atoms with Crippen LogP contribution in [-0.4, -0.2) is 35.8 Å². The van der Waals surface area contributed by atoms with Crippen LogP contribution in [0.25, 0.3) is 33.3 Å². The summed E-state index contributed by atoms with van der Waals surface area (Å²) in [7, 11) is -3.51. The predicted octanol–water partition coefficient (Wildman–Crippen LogP) is 4.99. The molecule has 0 saturated carbocycles. The van der Waals surface area contributed by atoms with E-state index in [9.17, 15) is 8.42 Å². The molecule has 0 saturated heterocycles. The Morgan fingerprint density at radius 2 is 1.89 bits per heavy atom. The molecule has 1 N–H and O–H groups in total. The Labute approximate surface area is 168 Å². The smallest absolute Gasteiger partial charge is 0.243 e.